The number of aryl methyl sites for hydroxylation is 1. The van der Waals surface area contributed by atoms with Gasteiger partial charge in [0.05, 0.1) is 17.3 Å². The highest BCUT2D eigenvalue weighted by atomic mass is 19.1. The molecule has 2 unspecified atom stereocenters. The van der Waals surface area contributed by atoms with Gasteiger partial charge < -0.3 is 4.90 Å². The lowest BCUT2D eigenvalue weighted by Crippen LogP contribution is -2.54. The van der Waals surface area contributed by atoms with Crippen LogP contribution in [0.15, 0.2) is 34.8 Å². The van der Waals surface area contributed by atoms with E-state index in [2.05, 4.69) is 32.9 Å². The quantitative estimate of drug-likeness (QED) is 0.545. The predicted octanol–water partition coefficient (Wildman–Crippen LogP) is 6.13. The van der Waals surface area contributed by atoms with Gasteiger partial charge in [0, 0.05) is 36.2 Å². The van der Waals surface area contributed by atoms with Crippen molar-refractivity contribution in [2.24, 2.45) is 27.7 Å². The molecule has 4 nitrogen and oxygen atoms in total. The SMILES string of the molecule is CC(C)(C)CN1C[C@@]2(CCC(C)(F)[C@H](CC3C=Nc4ccc(C#N)cc4CC3)C2)[C]2C=C2C1=O. The first kappa shape index (κ1) is 23.3. The van der Waals surface area contributed by atoms with Crippen molar-refractivity contribution in [1.29, 1.82) is 5.26 Å². The number of carbonyl (C=O) groups is 1. The van der Waals surface area contributed by atoms with Gasteiger partial charge in [-0.1, -0.05) is 26.8 Å². The molecular formula is C29H35FN3O. The average Bonchev–Trinajstić information content (AvgIpc) is 3.59. The molecule has 5 rings (SSSR count). The van der Waals surface area contributed by atoms with Crippen LogP contribution >= 0.6 is 0 Å². The third-order valence-electron chi connectivity index (χ3n) is 8.33. The second-order valence-corrected chi connectivity index (χ2v) is 12.4. The summed E-state index contributed by atoms with van der Waals surface area (Å²) in [4.78, 5) is 19.7. The molecule has 179 valence electrons. The molecule has 1 aromatic rings. The Balaban J connectivity index is 1.33. The Morgan fingerprint density at radius 3 is 2.82 bits per heavy atom. The van der Waals surface area contributed by atoms with E-state index in [9.17, 15) is 10.1 Å². The third-order valence-corrected chi connectivity index (χ3v) is 8.33. The van der Waals surface area contributed by atoms with Gasteiger partial charge in [-0.05, 0) is 86.5 Å². The molecule has 1 aromatic carbocycles. The van der Waals surface area contributed by atoms with Gasteiger partial charge in [-0.15, -0.1) is 0 Å². The number of fused-ring (bicyclic) bond motifs is 3. The predicted molar refractivity (Wildman–Crippen MR) is 132 cm³/mol. The molecule has 2 fully saturated rings. The molecule has 5 heteroatoms. The van der Waals surface area contributed by atoms with Crippen molar-refractivity contribution in [3.8, 4) is 6.07 Å². The number of hydrogen-bond acceptors (Lipinski definition) is 3. The van der Waals surface area contributed by atoms with Crippen LogP contribution in [-0.4, -0.2) is 35.8 Å². The Bertz CT molecular complexity index is 1110. The minimum absolute atomic E-state index is 0.0315. The summed E-state index contributed by atoms with van der Waals surface area (Å²) in [5, 5.41) is 9.22. The molecule has 0 bridgehead atoms. The second kappa shape index (κ2) is 8.04. The molecule has 1 spiro atoms. The number of allylic oxidation sites excluding steroid dienone is 1. The average molecular weight is 461 g/mol. The molecular weight excluding hydrogens is 425 g/mol. The number of aliphatic imine (C=N–C) groups is 1. The highest BCUT2D eigenvalue weighted by Gasteiger charge is 2.59. The zero-order valence-electron chi connectivity index (χ0n) is 20.8. The molecule has 1 radical (unpaired) electrons. The summed E-state index contributed by atoms with van der Waals surface area (Å²) in [7, 11) is 0. The Hall–Kier alpha value is -2.48. The van der Waals surface area contributed by atoms with Gasteiger partial charge in [0.2, 0.25) is 5.91 Å². The van der Waals surface area contributed by atoms with E-state index in [0.29, 0.717) is 18.5 Å². The number of alkyl halides is 1. The maximum atomic E-state index is 15.9. The summed E-state index contributed by atoms with van der Waals surface area (Å²) < 4.78 is 15.9. The smallest absolute Gasteiger partial charge is 0.250 e. The first-order valence-electron chi connectivity index (χ1n) is 12.6. The van der Waals surface area contributed by atoms with Crippen LogP contribution in [0, 0.1) is 39.9 Å². The Labute approximate surface area is 202 Å². The second-order valence-electron chi connectivity index (χ2n) is 12.4. The van der Waals surface area contributed by atoms with E-state index in [1.54, 1.807) is 6.92 Å². The zero-order chi connectivity index (χ0) is 24.3. The normalized spacial score (nSPS) is 33.1. The number of piperidine rings is 1. The number of carbonyl (C=O) groups excluding carboxylic acids is 1. The van der Waals surface area contributed by atoms with E-state index in [1.807, 2.05) is 29.3 Å². The van der Waals surface area contributed by atoms with E-state index in [4.69, 9.17) is 4.99 Å². The van der Waals surface area contributed by atoms with Crippen molar-refractivity contribution in [1.82, 2.24) is 4.90 Å². The highest BCUT2D eigenvalue weighted by molar-refractivity contribution is 6.05. The molecule has 0 aromatic heterocycles. The highest BCUT2D eigenvalue weighted by Crippen LogP contribution is 2.61. The van der Waals surface area contributed by atoms with Crippen LogP contribution in [0.25, 0.3) is 0 Å². The fraction of sp³-hybridized carbons (Fsp3) is 0.586. The molecule has 2 aliphatic carbocycles. The topological polar surface area (TPSA) is 56.5 Å². The monoisotopic (exact) mass is 460 g/mol. The number of benzene rings is 1. The van der Waals surface area contributed by atoms with Crippen LogP contribution in [0.4, 0.5) is 10.1 Å². The molecule has 34 heavy (non-hydrogen) atoms. The van der Waals surface area contributed by atoms with Gasteiger partial charge in [-0.3, -0.25) is 9.79 Å². The number of nitrogens with zero attached hydrogens (tertiary/aromatic N) is 3. The number of nitriles is 1. The number of hydrogen-bond donors (Lipinski definition) is 0. The molecule has 0 N–H and O–H groups in total. The molecule has 2 aliphatic heterocycles. The largest absolute Gasteiger partial charge is 0.338 e. The fourth-order valence-electron chi connectivity index (χ4n) is 6.44. The Morgan fingerprint density at radius 1 is 1.29 bits per heavy atom. The minimum Gasteiger partial charge on any atom is -0.338 e. The maximum Gasteiger partial charge on any atom is 0.250 e. The minimum atomic E-state index is -1.21. The van der Waals surface area contributed by atoms with E-state index in [0.717, 1.165) is 55.5 Å². The molecule has 1 amide bonds. The van der Waals surface area contributed by atoms with Crippen LogP contribution < -0.4 is 0 Å². The molecule has 4 aliphatic rings. The Kier molecular flexibility index (Phi) is 5.50. The Morgan fingerprint density at radius 2 is 2.09 bits per heavy atom. The van der Waals surface area contributed by atoms with Crippen molar-refractivity contribution in [2.45, 2.75) is 71.9 Å². The molecule has 1 saturated carbocycles. The van der Waals surface area contributed by atoms with Gasteiger partial charge in [-0.2, -0.15) is 5.26 Å². The summed E-state index contributed by atoms with van der Waals surface area (Å²) >= 11 is 0. The molecule has 2 heterocycles. The van der Waals surface area contributed by atoms with E-state index < -0.39 is 5.67 Å². The van der Waals surface area contributed by atoms with Gasteiger partial charge >= 0.3 is 0 Å². The van der Waals surface area contributed by atoms with E-state index in [1.165, 1.54) is 5.92 Å². The van der Waals surface area contributed by atoms with Crippen LogP contribution in [0.3, 0.4) is 0 Å². The van der Waals surface area contributed by atoms with Crippen molar-refractivity contribution < 1.29 is 9.18 Å². The summed E-state index contributed by atoms with van der Waals surface area (Å²) in [6.07, 6.45) is 8.76. The molecule has 1 saturated heterocycles. The fourth-order valence-corrected chi connectivity index (χ4v) is 6.44. The van der Waals surface area contributed by atoms with E-state index in [-0.39, 0.29) is 28.6 Å². The van der Waals surface area contributed by atoms with Crippen molar-refractivity contribution >= 4 is 17.8 Å². The van der Waals surface area contributed by atoms with Gasteiger partial charge in [-0.25, -0.2) is 4.39 Å². The first-order valence-corrected chi connectivity index (χ1v) is 12.6. The first-order chi connectivity index (χ1) is 16.0. The standard InChI is InChI=1S/C29H35FN3O/c1-27(2,3)17-33-18-29(24-13-23(24)26(33)34)10-9-28(4,30)22(14-29)12-20-5-7-21-11-19(15-31)6-8-25(21)32-16-20/h6,8,11,13,16,20,22H,5,7,9-10,12,14,17-18H2,1-4H3/t20?,22-,28?,29+/m1/s1. The number of amides is 1. The number of halogens is 1. The molecule has 4 atom stereocenters. The maximum absolute atomic E-state index is 15.9. The summed E-state index contributed by atoms with van der Waals surface area (Å²) in [5.74, 6) is 1.50. The van der Waals surface area contributed by atoms with Crippen LogP contribution in [0.2, 0.25) is 0 Å². The van der Waals surface area contributed by atoms with Gasteiger partial charge in [0.25, 0.3) is 0 Å². The lowest BCUT2D eigenvalue weighted by atomic mass is 9.58. The van der Waals surface area contributed by atoms with Crippen LogP contribution in [-0.2, 0) is 11.2 Å². The van der Waals surface area contributed by atoms with Crippen molar-refractivity contribution in [3.05, 3.63) is 46.9 Å². The lowest BCUT2D eigenvalue weighted by Gasteiger charge is -2.51. The van der Waals surface area contributed by atoms with Gasteiger partial charge in [0.1, 0.15) is 5.67 Å². The van der Waals surface area contributed by atoms with Crippen molar-refractivity contribution in [3.63, 3.8) is 0 Å². The summed E-state index contributed by atoms with van der Waals surface area (Å²) in [5.41, 5.74) is 2.30. The van der Waals surface area contributed by atoms with E-state index >= 15 is 4.39 Å². The number of likely N-dealkylation sites (tertiary alicyclic amines) is 1. The van der Waals surface area contributed by atoms with Crippen molar-refractivity contribution in [2.75, 3.05) is 13.1 Å². The zero-order valence-corrected chi connectivity index (χ0v) is 20.8. The van der Waals surface area contributed by atoms with Gasteiger partial charge in [0.15, 0.2) is 0 Å². The summed E-state index contributed by atoms with van der Waals surface area (Å²) in [6, 6.07) is 7.87. The van der Waals surface area contributed by atoms with Crippen LogP contribution in [0.1, 0.15) is 70.9 Å². The van der Waals surface area contributed by atoms with Crippen LogP contribution in [0.5, 0.6) is 0 Å². The lowest BCUT2D eigenvalue weighted by molar-refractivity contribution is -0.133. The third kappa shape index (κ3) is 4.32. The number of rotatable bonds is 3. The summed E-state index contributed by atoms with van der Waals surface area (Å²) in [6.45, 7) is 9.72.